The van der Waals surface area contributed by atoms with Gasteiger partial charge in [-0.3, -0.25) is 4.98 Å². The van der Waals surface area contributed by atoms with Crippen LogP contribution in [0.2, 0.25) is 0 Å². The van der Waals surface area contributed by atoms with Gasteiger partial charge in [-0.2, -0.15) is 0 Å². The molecule has 1 aromatic heterocycles. The van der Waals surface area contributed by atoms with E-state index >= 15 is 0 Å². The summed E-state index contributed by atoms with van der Waals surface area (Å²) in [6.07, 6.45) is 6.10. The van der Waals surface area contributed by atoms with Crippen molar-refractivity contribution in [2.24, 2.45) is 5.73 Å². The SMILES string of the molecule is NC1CCCN(c2cccc3cnccc23)C1. The number of rotatable bonds is 1. The molecule has 1 atom stereocenters. The highest BCUT2D eigenvalue weighted by Crippen LogP contribution is 2.27. The van der Waals surface area contributed by atoms with Gasteiger partial charge in [0.25, 0.3) is 0 Å². The Hall–Kier alpha value is -1.61. The molecule has 2 heterocycles. The first-order valence-corrected chi connectivity index (χ1v) is 6.18. The number of pyridine rings is 1. The van der Waals surface area contributed by atoms with Gasteiger partial charge in [0.05, 0.1) is 0 Å². The van der Waals surface area contributed by atoms with E-state index in [0.717, 1.165) is 19.5 Å². The van der Waals surface area contributed by atoms with Gasteiger partial charge in [-0.25, -0.2) is 0 Å². The van der Waals surface area contributed by atoms with Gasteiger partial charge >= 0.3 is 0 Å². The van der Waals surface area contributed by atoms with Gasteiger partial charge in [0.15, 0.2) is 0 Å². The molecule has 2 aromatic rings. The van der Waals surface area contributed by atoms with Crippen LogP contribution in [0.25, 0.3) is 10.8 Å². The average Bonchev–Trinajstić information content (AvgIpc) is 2.38. The summed E-state index contributed by atoms with van der Waals surface area (Å²) in [4.78, 5) is 6.57. The number of hydrogen-bond acceptors (Lipinski definition) is 3. The van der Waals surface area contributed by atoms with Gasteiger partial charge in [0.1, 0.15) is 0 Å². The summed E-state index contributed by atoms with van der Waals surface area (Å²) in [5.74, 6) is 0. The molecule has 0 aliphatic carbocycles. The molecule has 1 unspecified atom stereocenters. The summed E-state index contributed by atoms with van der Waals surface area (Å²) in [5, 5.41) is 2.47. The second-order valence-electron chi connectivity index (χ2n) is 4.72. The van der Waals surface area contributed by atoms with Gasteiger partial charge < -0.3 is 10.6 Å². The number of fused-ring (bicyclic) bond motifs is 1. The zero-order chi connectivity index (χ0) is 11.7. The summed E-state index contributed by atoms with van der Waals surface area (Å²) in [6, 6.07) is 8.78. The fourth-order valence-corrected chi connectivity index (χ4v) is 2.61. The third-order valence-electron chi connectivity index (χ3n) is 3.46. The van der Waals surface area contributed by atoms with Crippen LogP contribution in [0.3, 0.4) is 0 Å². The minimum atomic E-state index is 0.306. The molecular weight excluding hydrogens is 210 g/mol. The van der Waals surface area contributed by atoms with Crippen LogP contribution in [0, 0.1) is 0 Å². The maximum absolute atomic E-state index is 6.05. The van der Waals surface area contributed by atoms with Crippen molar-refractivity contribution in [3.63, 3.8) is 0 Å². The third-order valence-corrected chi connectivity index (χ3v) is 3.46. The first kappa shape index (κ1) is 10.5. The number of benzene rings is 1. The molecule has 88 valence electrons. The fourth-order valence-electron chi connectivity index (χ4n) is 2.61. The van der Waals surface area contributed by atoms with Crippen LogP contribution in [0.5, 0.6) is 0 Å². The standard InChI is InChI=1S/C14H17N3/c15-12-4-2-8-17(10-12)14-5-1-3-11-9-16-7-6-13(11)14/h1,3,5-7,9,12H,2,4,8,10,15H2. The summed E-state index contributed by atoms with van der Waals surface area (Å²) < 4.78 is 0. The topological polar surface area (TPSA) is 42.1 Å². The molecule has 3 rings (SSSR count). The zero-order valence-electron chi connectivity index (χ0n) is 9.84. The van der Waals surface area contributed by atoms with Gasteiger partial charge in [-0.15, -0.1) is 0 Å². The second-order valence-corrected chi connectivity index (χ2v) is 4.72. The Kier molecular flexibility index (Phi) is 2.69. The Morgan fingerprint density at radius 1 is 1.29 bits per heavy atom. The zero-order valence-corrected chi connectivity index (χ0v) is 9.84. The van der Waals surface area contributed by atoms with Crippen LogP contribution in [-0.4, -0.2) is 24.1 Å². The van der Waals surface area contributed by atoms with Crippen LogP contribution >= 0.6 is 0 Å². The maximum Gasteiger partial charge on any atom is 0.0447 e. The summed E-state index contributed by atoms with van der Waals surface area (Å²) in [7, 11) is 0. The molecule has 0 bridgehead atoms. The van der Waals surface area contributed by atoms with Gasteiger partial charge in [-0.1, -0.05) is 12.1 Å². The largest absolute Gasteiger partial charge is 0.369 e. The predicted molar refractivity (Wildman–Crippen MR) is 71.2 cm³/mol. The van der Waals surface area contributed by atoms with E-state index in [0.29, 0.717) is 6.04 Å². The molecule has 0 saturated carbocycles. The number of anilines is 1. The molecule has 17 heavy (non-hydrogen) atoms. The minimum absolute atomic E-state index is 0.306. The van der Waals surface area contributed by atoms with Gasteiger partial charge in [-0.05, 0) is 25.0 Å². The quantitative estimate of drug-likeness (QED) is 0.811. The average molecular weight is 227 g/mol. The van der Waals surface area contributed by atoms with E-state index in [4.69, 9.17) is 5.73 Å². The van der Waals surface area contributed by atoms with Crippen LogP contribution < -0.4 is 10.6 Å². The summed E-state index contributed by atoms with van der Waals surface area (Å²) >= 11 is 0. The molecule has 3 heteroatoms. The highest BCUT2D eigenvalue weighted by molar-refractivity contribution is 5.93. The normalized spacial score (nSPS) is 20.8. The van der Waals surface area contributed by atoms with E-state index < -0.39 is 0 Å². The number of hydrogen-bond donors (Lipinski definition) is 1. The van der Waals surface area contributed by atoms with E-state index in [1.54, 1.807) is 0 Å². The molecule has 3 nitrogen and oxygen atoms in total. The van der Waals surface area contributed by atoms with E-state index in [1.165, 1.54) is 22.9 Å². The lowest BCUT2D eigenvalue weighted by molar-refractivity contribution is 0.507. The van der Waals surface area contributed by atoms with E-state index in [-0.39, 0.29) is 0 Å². The Labute approximate surface area is 101 Å². The molecule has 0 amide bonds. The third kappa shape index (κ3) is 1.98. The van der Waals surface area contributed by atoms with Crippen LogP contribution in [0.15, 0.2) is 36.7 Å². The summed E-state index contributed by atoms with van der Waals surface area (Å²) in [6.45, 7) is 2.07. The number of nitrogens with zero attached hydrogens (tertiary/aromatic N) is 2. The Morgan fingerprint density at radius 2 is 2.24 bits per heavy atom. The van der Waals surface area contributed by atoms with Crippen LogP contribution in [-0.2, 0) is 0 Å². The molecule has 1 fully saturated rings. The molecular formula is C14H17N3. The number of nitrogens with two attached hydrogens (primary N) is 1. The van der Waals surface area contributed by atoms with Crippen molar-refractivity contribution < 1.29 is 0 Å². The van der Waals surface area contributed by atoms with Crippen LogP contribution in [0.4, 0.5) is 5.69 Å². The van der Waals surface area contributed by atoms with Crippen molar-refractivity contribution in [1.29, 1.82) is 0 Å². The lowest BCUT2D eigenvalue weighted by atomic mass is 10.0. The maximum atomic E-state index is 6.05. The van der Waals surface area contributed by atoms with Crippen molar-refractivity contribution in [2.75, 3.05) is 18.0 Å². The van der Waals surface area contributed by atoms with Crippen molar-refractivity contribution in [3.05, 3.63) is 36.7 Å². The van der Waals surface area contributed by atoms with E-state index in [9.17, 15) is 0 Å². The Bertz CT molecular complexity index is 518. The lowest BCUT2D eigenvalue weighted by Crippen LogP contribution is -2.42. The molecule has 0 spiro atoms. The molecule has 1 saturated heterocycles. The monoisotopic (exact) mass is 227 g/mol. The van der Waals surface area contributed by atoms with Crippen molar-refractivity contribution in [1.82, 2.24) is 4.98 Å². The molecule has 0 radical (unpaired) electrons. The highest BCUT2D eigenvalue weighted by atomic mass is 15.1. The molecule has 1 aliphatic heterocycles. The molecule has 1 aromatic carbocycles. The molecule has 1 aliphatic rings. The first-order chi connectivity index (χ1) is 8.34. The van der Waals surface area contributed by atoms with E-state index in [2.05, 4.69) is 34.1 Å². The first-order valence-electron chi connectivity index (χ1n) is 6.18. The van der Waals surface area contributed by atoms with Crippen molar-refractivity contribution >= 4 is 16.5 Å². The fraction of sp³-hybridized carbons (Fsp3) is 0.357. The Morgan fingerprint density at radius 3 is 3.12 bits per heavy atom. The number of aromatic nitrogens is 1. The minimum Gasteiger partial charge on any atom is -0.369 e. The molecule has 2 N–H and O–H groups in total. The highest BCUT2D eigenvalue weighted by Gasteiger charge is 2.18. The summed E-state index contributed by atoms with van der Waals surface area (Å²) in [5.41, 5.74) is 7.34. The van der Waals surface area contributed by atoms with Gasteiger partial charge in [0.2, 0.25) is 0 Å². The van der Waals surface area contributed by atoms with Gasteiger partial charge in [0, 0.05) is 48.0 Å². The van der Waals surface area contributed by atoms with Crippen molar-refractivity contribution in [2.45, 2.75) is 18.9 Å². The van der Waals surface area contributed by atoms with Crippen LogP contribution in [0.1, 0.15) is 12.8 Å². The Balaban J connectivity index is 2.04. The smallest absolute Gasteiger partial charge is 0.0447 e. The van der Waals surface area contributed by atoms with Crippen molar-refractivity contribution in [3.8, 4) is 0 Å². The second kappa shape index (κ2) is 4.34. The predicted octanol–water partition coefficient (Wildman–Crippen LogP) is 2.16. The number of piperidine rings is 1. The lowest BCUT2D eigenvalue weighted by Gasteiger charge is -2.33. The van der Waals surface area contributed by atoms with E-state index in [1.807, 2.05) is 12.4 Å².